The van der Waals surface area contributed by atoms with Crippen molar-refractivity contribution in [2.75, 3.05) is 0 Å². The molecule has 1 aliphatic heterocycles. The molecule has 2 heterocycles. The fourth-order valence-electron chi connectivity index (χ4n) is 4.72. The Morgan fingerprint density at radius 3 is 2.58 bits per heavy atom. The molecule has 0 N–H and O–H groups in total. The van der Waals surface area contributed by atoms with E-state index in [1.165, 1.54) is 16.9 Å². The second-order valence-corrected chi connectivity index (χ2v) is 10.0. The summed E-state index contributed by atoms with van der Waals surface area (Å²) in [4.78, 5) is 19.4. The predicted octanol–water partition coefficient (Wildman–Crippen LogP) is 5.63. The first-order valence-electron chi connectivity index (χ1n) is 10.7. The SMILES string of the molecule is O=c1/c(=C\c2ccccc2)sc2n1C(c1ccc(Cl)cc1Cl)C1=C(N=2)c2ccccc2CC1. The summed E-state index contributed by atoms with van der Waals surface area (Å²) in [6, 6.07) is 23.5. The molecule has 0 bridgehead atoms. The summed E-state index contributed by atoms with van der Waals surface area (Å²) in [6.45, 7) is 0. The molecule has 3 nitrogen and oxygen atoms in total. The van der Waals surface area contributed by atoms with Gasteiger partial charge in [0.25, 0.3) is 5.56 Å². The van der Waals surface area contributed by atoms with Gasteiger partial charge in [-0.25, -0.2) is 4.99 Å². The van der Waals surface area contributed by atoms with Crippen LogP contribution in [0.5, 0.6) is 0 Å². The first kappa shape index (κ1) is 20.7. The maximum atomic E-state index is 13.7. The smallest absolute Gasteiger partial charge is 0.271 e. The Balaban J connectivity index is 1.66. The summed E-state index contributed by atoms with van der Waals surface area (Å²) in [5.74, 6) is 0. The van der Waals surface area contributed by atoms with Crippen molar-refractivity contribution in [3.63, 3.8) is 0 Å². The highest BCUT2D eigenvalue weighted by Crippen LogP contribution is 2.43. The molecule has 0 saturated carbocycles. The van der Waals surface area contributed by atoms with Gasteiger partial charge in [-0.3, -0.25) is 9.36 Å². The molecule has 0 amide bonds. The van der Waals surface area contributed by atoms with Crippen LogP contribution in [0.2, 0.25) is 10.0 Å². The van der Waals surface area contributed by atoms with Gasteiger partial charge in [0.2, 0.25) is 0 Å². The Bertz CT molecular complexity index is 1620. The van der Waals surface area contributed by atoms with Crippen LogP contribution in [0.4, 0.5) is 0 Å². The summed E-state index contributed by atoms with van der Waals surface area (Å²) in [5.41, 5.74) is 6.30. The zero-order chi connectivity index (χ0) is 22.5. The van der Waals surface area contributed by atoms with Crippen LogP contribution in [0.1, 0.15) is 34.7 Å². The Morgan fingerprint density at radius 2 is 1.76 bits per heavy atom. The molecule has 33 heavy (non-hydrogen) atoms. The van der Waals surface area contributed by atoms with Crippen molar-refractivity contribution in [3.8, 4) is 0 Å². The standard InChI is InChI=1S/C27H18Cl2N2OS/c28-18-11-13-20(22(29)15-18)25-21-12-10-17-8-4-5-9-19(17)24(21)30-27-31(25)26(32)23(33-27)14-16-6-2-1-3-7-16/h1-9,11,13-15,25H,10,12H2/b23-14+. The highest BCUT2D eigenvalue weighted by atomic mass is 35.5. The molecule has 162 valence electrons. The molecule has 1 atom stereocenters. The summed E-state index contributed by atoms with van der Waals surface area (Å²) >= 11 is 14.3. The average molecular weight is 489 g/mol. The average Bonchev–Trinajstić information content (AvgIpc) is 3.13. The van der Waals surface area contributed by atoms with Crippen LogP contribution in [0.15, 0.2) is 88.2 Å². The Kier molecular flexibility index (Phi) is 5.10. The molecule has 0 spiro atoms. The number of aromatic nitrogens is 1. The first-order valence-corrected chi connectivity index (χ1v) is 12.3. The largest absolute Gasteiger partial charge is 0.272 e. The van der Waals surface area contributed by atoms with Crippen LogP contribution in [-0.2, 0) is 6.42 Å². The van der Waals surface area contributed by atoms with Crippen molar-refractivity contribution in [1.29, 1.82) is 0 Å². The molecule has 6 heteroatoms. The van der Waals surface area contributed by atoms with Gasteiger partial charge < -0.3 is 0 Å². The van der Waals surface area contributed by atoms with Crippen LogP contribution in [0.25, 0.3) is 11.8 Å². The van der Waals surface area contributed by atoms with E-state index in [0.717, 1.165) is 40.8 Å². The maximum absolute atomic E-state index is 13.7. The van der Waals surface area contributed by atoms with Crippen molar-refractivity contribution in [1.82, 2.24) is 4.57 Å². The molecule has 1 unspecified atom stereocenters. The number of benzene rings is 3. The second kappa shape index (κ2) is 8.14. The third kappa shape index (κ3) is 3.50. The lowest BCUT2D eigenvalue weighted by molar-refractivity contribution is 0.585. The van der Waals surface area contributed by atoms with Crippen LogP contribution < -0.4 is 14.9 Å². The molecular weight excluding hydrogens is 471 g/mol. The minimum absolute atomic E-state index is 0.0518. The number of thiazole rings is 1. The molecule has 0 saturated heterocycles. The number of rotatable bonds is 2. The number of allylic oxidation sites excluding steroid dienone is 1. The van der Waals surface area contributed by atoms with Gasteiger partial charge in [0.05, 0.1) is 16.3 Å². The van der Waals surface area contributed by atoms with E-state index >= 15 is 0 Å². The van der Waals surface area contributed by atoms with Crippen molar-refractivity contribution < 1.29 is 0 Å². The third-order valence-corrected chi connectivity index (χ3v) is 7.77. The highest BCUT2D eigenvalue weighted by Gasteiger charge is 2.33. The molecule has 1 aliphatic carbocycles. The number of fused-ring (bicyclic) bond motifs is 3. The van der Waals surface area contributed by atoms with Gasteiger partial charge >= 0.3 is 0 Å². The lowest BCUT2D eigenvalue weighted by Gasteiger charge is -2.31. The van der Waals surface area contributed by atoms with Crippen molar-refractivity contribution >= 4 is 46.3 Å². The van der Waals surface area contributed by atoms with Crippen LogP contribution >= 0.6 is 34.5 Å². The summed E-state index contributed by atoms with van der Waals surface area (Å²) in [7, 11) is 0. The minimum atomic E-state index is -0.313. The molecule has 2 aliphatic rings. The Labute approximate surface area is 204 Å². The fraction of sp³-hybridized carbons (Fsp3) is 0.111. The van der Waals surface area contributed by atoms with Crippen molar-refractivity contribution in [2.45, 2.75) is 18.9 Å². The lowest BCUT2D eigenvalue weighted by atomic mass is 9.83. The van der Waals surface area contributed by atoms with Gasteiger partial charge in [0, 0.05) is 15.6 Å². The normalized spacial score (nSPS) is 17.3. The molecule has 3 aromatic carbocycles. The summed E-state index contributed by atoms with van der Waals surface area (Å²) in [6.07, 6.45) is 3.66. The fourth-order valence-corrected chi connectivity index (χ4v) is 6.24. The highest BCUT2D eigenvalue weighted by molar-refractivity contribution is 7.07. The quantitative estimate of drug-likeness (QED) is 0.360. The molecule has 6 rings (SSSR count). The molecule has 1 aromatic heterocycles. The van der Waals surface area contributed by atoms with E-state index in [-0.39, 0.29) is 11.6 Å². The number of hydrogen-bond acceptors (Lipinski definition) is 3. The van der Waals surface area contributed by atoms with E-state index < -0.39 is 0 Å². The molecule has 0 radical (unpaired) electrons. The zero-order valence-electron chi connectivity index (χ0n) is 17.5. The van der Waals surface area contributed by atoms with E-state index in [2.05, 4.69) is 18.2 Å². The first-order chi connectivity index (χ1) is 16.1. The second-order valence-electron chi connectivity index (χ2n) is 8.19. The number of aryl methyl sites for hydroxylation is 1. The van der Waals surface area contributed by atoms with Crippen molar-refractivity contribution in [3.05, 3.63) is 130 Å². The van der Waals surface area contributed by atoms with E-state index in [9.17, 15) is 4.79 Å². The predicted molar refractivity (Wildman–Crippen MR) is 136 cm³/mol. The number of hydrogen-bond donors (Lipinski definition) is 0. The minimum Gasteiger partial charge on any atom is -0.272 e. The zero-order valence-corrected chi connectivity index (χ0v) is 19.8. The Hall–Kier alpha value is -2.92. The maximum Gasteiger partial charge on any atom is 0.271 e. The van der Waals surface area contributed by atoms with Crippen LogP contribution in [0, 0.1) is 0 Å². The van der Waals surface area contributed by atoms with Gasteiger partial charge in [-0.15, -0.1) is 0 Å². The molecule has 4 aromatic rings. The van der Waals surface area contributed by atoms with Gasteiger partial charge in [-0.05, 0) is 53.3 Å². The van der Waals surface area contributed by atoms with Gasteiger partial charge in [-0.2, -0.15) is 0 Å². The number of halogens is 2. The molecular formula is C27H18Cl2N2OS. The van der Waals surface area contributed by atoms with E-state index in [1.54, 1.807) is 10.6 Å². The van der Waals surface area contributed by atoms with E-state index in [1.807, 2.05) is 54.6 Å². The third-order valence-electron chi connectivity index (χ3n) is 6.23. The monoisotopic (exact) mass is 488 g/mol. The van der Waals surface area contributed by atoms with Crippen molar-refractivity contribution in [2.24, 2.45) is 4.99 Å². The van der Waals surface area contributed by atoms with Crippen LogP contribution in [-0.4, -0.2) is 4.57 Å². The summed E-state index contributed by atoms with van der Waals surface area (Å²) in [5, 5.41) is 1.13. The lowest BCUT2D eigenvalue weighted by Crippen LogP contribution is -2.38. The van der Waals surface area contributed by atoms with E-state index in [0.29, 0.717) is 19.4 Å². The van der Waals surface area contributed by atoms with Gasteiger partial charge in [0.15, 0.2) is 4.80 Å². The Morgan fingerprint density at radius 1 is 0.970 bits per heavy atom. The van der Waals surface area contributed by atoms with Crippen LogP contribution in [0.3, 0.4) is 0 Å². The van der Waals surface area contributed by atoms with Gasteiger partial charge in [0.1, 0.15) is 0 Å². The number of nitrogens with zero attached hydrogens (tertiary/aromatic N) is 2. The topological polar surface area (TPSA) is 34.4 Å². The van der Waals surface area contributed by atoms with E-state index in [4.69, 9.17) is 28.2 Å². The van der Waals surface area contributed by atoms with Gasteiger partial charge in [-0.1, -0.05) is 95.2 Å². The molecule has 0 fully saturated rings. The summed E-state index contributed by atoms with van der Waals surface area (Å²) < 4.78 is 2.46.